The third kappa shape index (κ3) is 3.53. The lowest BCUT2D eigenvalue weighted by atomic mass is 9.95. The van der Waals surface area contributed by atoms with Crippen LogP contribution in [0.25, 0.3) is 11.0 Å². The Bertz CT molecular complexity index is 1150. The van der Waals surface area contributed by atoms with E-state index in [-0.39, 0.29) is 17.1 Å². The van der Waals surface area contributed by atoms with Gasteiger partial charge in [0.25, 0.3) is 5.91 Å². The molecule has 1 aromatic heterocycles. The summed E-state index contributed by atoms with van der Waals surface area (Å²) in [7, 11) is 1.63. The molecule has 0 saturated heterocycles. The molecule has 1 atom stereocenters. The van der Waals surface area contributed by atoms with Crippen LogP contribution >= 0.6 is 11.6 Å². The maximum absolute atomic E-state index is 13.4. The van der Waals surface area contributed by atoms with Gasteiger partial charge in [0.05, 0.1) is 17.0 Å². The number of benzene rings is 2. The Hall–Kier alpha value is -2.63. The van der Waals surface area contributed by atoms with E-state index in [9.17, 15) is 9.59 Å². The third-order valence-corrected chi connectivity index (χ3v) is 5.83. The number of methoxy groups -OCH3 is 1. The Labute approximate surface area is 180 Å². The number of halogens is 1. The van der Waals surface area contributed by atoms with Gasteiger partial charge in [-0.2, -0.15) is 0 Å². The molecule has 2 heterocycles. The monoisotopic (exact) mass is 425 g/mol. The van der Waals surface area contributed by atoms with Crippen molar-refractivity contribution in [2.75, 3.05) is 20.3 Å². The van der Waals surface area contributed by atoms with Gasteiger partial charge in [0.15, 0.2) is 5.43 Å². The van der Waals surface area contributed by atoms with Gasteiger partial charge in [-0.3, -0.25) is 9.59 Å². The van der Waals surface area contributed by atoms with E-state index in [1.165, 1.54) is 5.56 Å². The van der Waals surface area contributed by atoms with Gasteiger partial charge >= 0.3 is 0 Å². The van der Waals surface area contributed by atoms with E-state index in [2.05, 4.69) is 26.0 Å². The van der Waals surface area contributed by atoms with Gasteiger partial charge in [-0.25, -0.2) is 0 Å². The molecule has 0 radical (unpaired) electrons. The van der Waals surface area contributed by atoms with Crippen molar-refractivity contribution in [3.05, 3.63) is 80.2 Å². The largest absolute Gasteiger partial charge is 0.450 e. The van der Waals surface area contributed by atoms with Crippen LogP contribution in [0.5, 0.6) is 0 Å². The predicted molar refractivity (Wildman–Crippen MR) is 117 cm³/mol. The number of hydrogen-bond donors (Lipinski definition) is 0. The molecule has 156 valence electrons. The average Bonchev–Trinajstić information content (AvgIpc) is 3.01. The molecule has 30 heavy (non-hydrogen) atoms. The van der Waals surface area contributed by atoms with Crippen LogP contribution in [0.3, 0.4) is 0 Å². The van der Waals surface area contributed by atoms with E-state index in [4.69, 9.17) is 20.8 Å². The summed E-state index contributed by atoms with van der Waals surface area (Å²) in [5.41, 5.74) is 2.62. The molecule has 0 bridgehead atoms. The number of ether oxygens (including phenoxy) is 1. The summed E-state index contributed by atoms with van der Waals surface area (Å²) in [5.74, 6) is 0.240. The van der Waals surface area contributed by atoms with Gasteiger partial charge in [0.1, 0.15) is 5.58 Å². The van der Waals surface area contributed by atoms with Gasteiger partial charge in [-0.15, -0.1) is 0 Å². The Morgan fingerprint density at radius 3 is 2.53 bits per heavy atom. The second kappa shape index (κ2) is 8.25. The Morgan fingerprint density at radius 2 is 1.87 bits per heavy atom. The van der Waals surface area contributed by atoms with Crippen molar-refractivity contribution in [1.29, 1.82) is 0 Å². The number of carbonyl (C=O) groups is 1. The SMILES string of the molecule is COCCCN1C(=O)c2oc3ccc(Cl)cc3c(=O)c2C1c1ccc(C(C)C)cc1. The minimum Gasteiger partial charge on any atom is -0.450 e. The van der Waals surface area contributed by atoms with E-state index >= 15 is 0 Å². The minimum atomic E-state index is -0.495. The highest BCUT2D eigenvalue weighted by Crippen LogP contribution is 2.38. The second-order valence-corrected chi connectivity index (χ2v) is 8.32. The Balaban J connectivity index is 1.88. The first-order valence-corrected chi connectivity index (χ1v) is 10.5. The van der Waals surface area contributed by atoms with Crippen LogP contribution in [0, 0.1) is 0 Å². The Morgan fingerprint density at radius 1 is 1.13 bits per heavy atom. The molecule has 5 nitrogen and oxygen atoms in total. The van der Waals surface area contributed by atoms with E-state index in [0.717, 1.165) is 5.56 Å². The maximum Gasteiger partial charge on any atom is 0.290 e. The molecular formula is C24H24ClNO4. The third-order valence-electron chi connectivity index (χ3n) is 5.59. The summed E-state index contributed by atoms with van der Waals surface area (Å²) in [6, 6.07) is 12.5. The number of fused-ring (bicyclic) bond motifs is 2. The van der Waals surface area contributed by atoms with Crippen LogP contribution in [0.15, 0.2) is 51.7 Å². The van der Waals surface area contributed by atoms with Crippen molar-refractivity contribution in [2.45, 2.75) is 32.2 Å². The molecule has 1 aliphatic heterocycles. The zero-order valence-electron chi connectivity index (χ0n) is 17.3. The highest BCUT2D eigenvalue weighted by Gasteiger charge is 2.42. The highest BCUT2D eigenvalue weighted by molar-refractivity contribution is 6.31. The molecule has 3 aromatic rings. The first kappa shape index (κ1) is 20.6. The van der Waals surface area contributed by atoms with E-state index in [1.807, 2.05) is 12.1 Å². The first-order chi connectivity index (χ1) is 14.4. The number of nitrogens with zero attached hydrogens (tertiary/aromatic N) is 1. The zero-order valence-corrected chi connectivity index (χ0v) is 18.0. The summed E-state index contributed by atoms with van der Waals surface area (Å²) in [6.45, 7) is 5.25. The van der Waals surface area contributed by atoms with Crippen LogP contribution < -0.4 is 5.43 Å². The van der Waals surface area contributed by atoms with Gasteiger partial charge in [-0.05, 0) is 41.7 Å². The van der Waals surface area contributed by atoms with Gasteiger partial charge in [0.2, 0.25) is 5.76 Å². The molecule has 0 N–H and O–H groups in total. The second-order valence-electron chi connectivity index (χ2n) is 7.88. The fraction of sp³-hybridized carbons (Fsp3) is 0.333. The van der Waals surface area contributed by atoms with Crippen LogP contribution in [0.1, 0.15) is 59.5 Å². The number of amides is 1. The van der Waals surface area contributed by atoms with Crippen molar-refractivity contribution >= 4 is 28.5 Å². The number of hydrogen-bond acceptors (Lipinski definition) is 4. The topological polar surface area (TPSA) is 59.8 Å². The van der Waals surface area contributed by atoms with Crippen molar-refractivity contribution in [2.24, 2.45) is 0 Å². The van der Waals surface area contributed by atoms with Crippen molar-refractivity contribution < 1.29 is 13.9 Å². The summed E-state index contributed by atoms with van der Waals surface area (Å²) in [6.07, 6.45) is 0.663. The molecule has 0 fully saturated rings. The average molecular weight is 426 g/mol. The molecule has 0 saturated carbocycles. The van der Waals surface area contributed by atoms with E-state index in [0.29, 0.717) is 47.0 Å². The lowest BCUT2D eigenvalue weighted by Gasteiger charge is -2.25. The van der Waals surface area contributed by atoms with E-state index in [1.54, 1.807) is 30.2 Å². The lowest BCUT2D eigenvalue weighted by Crippen LogP contribution is -2.31. The normalized spacial score (nSPS) is 16.0. The molecule has 2 aromatic carbocycles. The van der Waals surface area contributed by atoms with Crippen molar-refractivity contribution in [3.8, 4) is 0 Å². The van der Waals surface area contributed by atoms with Crippen LogP contribution in [-0.4, -0.2) is 31.1 Å². The summed E-state index contributed by atoms with van der Waals surface area (Å²) in [4.78, 5) is 28.4. The molecule has 6 heteroatoms. The smallest absolute Gasteiger partial charge is 0.290 e. The Kier molecular flexibility index (Phi) is 5.67. The minimum absolute atomic E-state index is 0.116. The molecule has 4 rings (SSSR count). The van der Waals surface area contributed by atoms with Gasteiger partial charge in [0, 0.05) is 25.3 Å². The van der Waals surface area contributed by atoms with Gasteiger partial charge in [-0.1, -0.05) is 49.7 Å². The van der Waals surface area contributed by atoms with Crippen LogP contribution in [-0.2, 0) is 4.74 Å². The quantitative estimate of drug-likeness (QED) is 0.512. The fourth-order valence-electron chi connectivity index (χ4n) is 4.01. The summed E-state index contributed by atoms with van der Waals surface area (Å²) < 4.78 is 11.1. The van der Waals surface area contributed by atoms with Crippen molar-refractivity contribution in [3.63, 3.8) is 0 Å². The highest BCUT2D eigenvalue weighted by atomic mass is 35.5. The predicted octanol–water partition coefficient (Wildman–Crippen LogP) is 5.15. The van der Waals surface area contributed by atoms with Crippen LogP contribution in [0.2, 0.25) is 5.02 Å². The molecule has 1 unspecified atom stereocenters. The molecule has 1 amide bonds. The van der Waals surface area contributed by atoms with Gasteiger partial charge < -0.3 is 14.1 Å². The number of rotatable bonds is 6. The maximum atomic E-state index is 13.4. The standard InChI is InChI=1S/C24H24ClNO4/c1-14(2)15-5-7-16(8-6-15)21-20-22(27)18-13-17(25)9-10-19(18)30-23(20)24(28)26(21)11-4-12-29-3/h5-10,13-14,21H,4,11-12H2,1-3H3. The fourth-order valence-corrected chi connectivity index (χ4v) is 4.18. The zero-order chi connectivity index (χ0) is 21.4. The van der Waals surface area contributed by atoms with E-state index < -0.39 is 6.04 Å². The lowest BCUT2D eigenvalue weighted by molar-refractivity contribution is 0.0708. The summed E-state index contributed by atoms with van der Waals surface area (Å²) >= 11 is 6.11. The number of carbonyl (C=O) groups excluding carboxylic acids is 1. The molecular weight excluding hydrogens is 402 g/mol. The molecule has 1 aliphatic rings. The molecule has 0 spiro atoms. The molecule has 0 aliphatic carbocycles. The van der Waals surface area contributed by atoms with Crippen molar-refractivity contribution in [1.82, 2.24) is 4.90 Å². The first-order valence-electron chi connectivity index (χ1n) is 10.1. The summed E-state index contributed by atoms with van der Waals surface area (Å²) in [5, 5.41) is 0.838. The van der Waals surface area contributed by atoms with Crippen LogP contribution in [0.4, 0.5) is 0 Å².